The third kappa shape index (κ3) is 5.00. The molecule has 0 saturated heterocycles. The number of rotatable bonds is 6. The van der Waals surface area contributed by atoms with Crippen molar-refractivity contribution < 1.29 is 14.3 Å². The first-order valence-corrected chi connectivity index (χ1v) is 12.5. The Hall–Kier alpha value is -3.60. The fraction of sp³-hybridized carbons (Fsp3) is 0.200. The maximum absolute atomic E-state index is 13.6. The third-order valence-corrected chi connectivity index (χ3v) is 7.49. The number of nitrogens with one attached hydrogen (secondary N) is 1. The normalized spacial score (nSPS) is 11.0. The Bertz CT molecular complexity index is 1660. The van der Waals surface area contributed by atoms with Crippen molar-refractivity contribution in [3.8, 4) is 11.4 Å². The van der Waals surface area contributed by atoms with Crippen molar-refractivity contribution in [2.45, 2.75) is 13.5 Å². The summed E-state index contributed by atoms with van der Waals surface area (Å²) in [5.74, 6) is -0.398. The summed E-state index contributed by atoms with van der Waals surface area (Å²) in [7, 11) is 4.67. The van der Waals surface area contributed by atoms with E-state index in [1.165, 1.54) is 34.8 Å². The first kappa shape index (κ1) is 26.5. The number of benzene rings is 2. The van der Waals surface area contributed by atoms with Crippen molar-refractivity contribution in [2.24, 2.45) is 0 Å². The molecule has 2 aromatic heterocycles. The molecular weight excluding hydrogens is 539 g/mol. The summed E-state index contributed by atoms with van der Waals surface area (Å²) in [6, 6.07) is 10.9. The molecular formula is C25H22Cl2N4O5S. The number of aryl methyl sites for hydroxylation is 1. The van der Waals surface area contributed by atoms with Crippen molar-refractivity contribution in [3.63, 3.8) is 0 Å². The van der Waals surface area contributed by atoms with Gasteiger partial charge in [-0.25, -0.2) is 9.36 Å². The molecule has 4 aromatic rings. The molecule has 192 valence electrons. The van der Waals surface area contributed by atoms with Gasteiger partial charge in [0.1, 0.15) is 17.1 Å². The van der Waals surface area contributed by atoms with E-state index in [1.807, 2.05) is 0 Å². The van der Waals surface area contributed by atoms with Gasteiger partial charge in [0.25, 0.3) is 11.5 Å². The van der Waals surface area contributed by atoms with Gasteiger partial charge in [-0.3, -0.25) is 19.0 Å². The van der Waals surface area contributed by atoms with E-state index in [9.17, 15) is 19.2 Å². The molecule has 1 N–H and O–H groups in total. The van der Waals surface area contributed by atoms with Gasteiger partial charge < -0.3 is 15.0 Å². The van der Waals surface area contributed by atoms with Gasteiger partial charge in [-0.2, -0.15) is 0 Å². The molecule has 2 aromatic carbocycles. The van der Waals surface area contributed by atoms with Crippen molar-refractivity contribution in [3.05, 3.63) is 83.8 Å². The number of nitrogens with zero attached hydrogens (tertiary/aromatic N) is 3. The standard InChI is InChI=1S/C25H22Cl2N4O5S/c1-13-20-22(33)31(16-8-5-14(26)6-9-16)25(35)30(24(20)37-21(13)23(34)29(2)3)12-19(32)28-15-7-10-18(36-4)17(27)11-15/h5-11H,12H2,1-4H3,(H,28,32). The lowest BCUT2D eigenvalue weighted by molar-refractivity contribution is -0.116. The Morgan fingerprint density at radius 3 is 2.35 bits per heavy atom. The van der Waals surface area contributed by atoms with Crippen LogP contribution in [0.1, 0.15) is 15.2 Å². The number of methoxy groups -OCH3 is 1. The highest BCUT2D eigenvalue weighted by molar-refractivity contribution is 7.20. The number of fused-ring (bicyclic) bond motifs is 1. The van der Waals surface area contributed by atoms with Crippen molar-refractivity contribution >= 4 is 62.3 Å². The van der Waals surface area contributed by atoms with E-state index in [4.69, 9.17) is 27.9 Å². The molecule has 2 amide bonds. The summed E-state index contributed by atoms with van der Waals surface area (Å²) in [5, 5.41) is 3.62. The monoisotopic (exact) mass is 560 g/mol. The number of anilines is 1. The minimum Gasteiger partial charge on any atom is -0.495 e. The number of carbonyl (C=O) groups excluding carboxylic acids is 2. The number of halogens is 2. The van der Waals surface area contributed by atoms with E-state index < -0.39 is 23.7 Å². The van der Waals surface area contributed by atoms with Gasteiger partial charge in [-0.1, -0.05) is 23.2 Å². The molecule has 0 radical (unpaired) electrons. The van der Waals surface area contributed by atoms with Crippen LogP contribution >= 0.6 is 34.5 Å². The maximum Gasteiger partial charge on any atom is 0.337 e. The van der Waals surface area contributed by atoms with Crippen molar-refractivity contribution in [1.29, 1.82) is 0 Å². The van der Waals surface area contributed by atoms with Crippen LogP contribution in [0.25, 0.3) is 15.9 Å². The van der Waals surface area contributed by atoms with E-state index in [-0.39, 0.29) is 21.8 Å². The predicted octanol–water partition coefficient (Wildman–Crippen LogP) is 4.18. The Kier molecular flexibility index (Phi) is 7.44. The highest BCUT2D eigenvalue weighted by Crippen LogP contribution is 2.30. The van der Waals surface area contributed by atoms with E-state index >= 15 is 0 Å². The molecule has 37 heavy (non-hydrogen) atoms. The van der Waals surface area contributed by atoms with Crippen molar-refractivity contribution in [1.82, 2.24) is 14.0 Å². The van der Waals surface area contributed by atoms with Gasteiger partial charge in [0.2, 0.25) is 5.91 Å². The van der Waals surface area contributed by atoms with E-state index in [1.54, 1.807) is 45.3 Å². The fourth-order valence-corrected chi connectivity index (χ4v) is 5.50. The van der Waals surface area contributed by atoms with Gasteiger partial charge in [0.05, 0.1) is 28.1 Å². The van der Waals surface area contributed by atoms with Crippen LogP contribution in [-0.2, 0) is 11.3 Å². The zero-order valence-electron chi connectivity index (χ0n) is 20.3. The second-order valence-electron chi connectivity index (χ2n) is 8.32. The fourth-order valence-electron chi connectivity index (χ4n) is 3.80. The molecule has 0 aliphatic carbocycles. The molecule has 4 rings (SSSR count). The molecule has 2 heterocycles. The molecule has 0 unspecified atom stereocenters. The summed E-state index contributed by atoms with van der Waals surface area (Å²) in [5.41, 5.74) is -0.205. The largest absolute Gasteiger partial charge is 0.495 e. The maximum atomic E-state index is 13.6. The number of hydrogen-bond acceptors (Lipinski definition) is 6. The molecule has 0 spiro atoms. The van der Waals surface area contributed by atoms with Crippen LogP contribution in [-0.4, -0.2) is 47.1 Å². The van der Waals surface area contributed by atoms with Crippen LogP contribution in [0.5, 0.6) is 5.75 Å². The van der Waals surface area contributed by atoms with Crippen LogP contribution in [0.2, 0.25) is 10.0 Å². The van der Waals surface area contributed by atoms with Gasteiger partial charge in [0.15, 0.2) is 0 Å². The van der Waals surface area contributed by atoms with Gasteiger partial charge in [0, 0.05) is 24.8 Å². The molecule has 0 aliphatic heterocycles. The molecule has 12 heteroatoms. The van der Waals surface area contributed by atoms with E-state index in [2.05, 4.69) is 5.32 Å². The number of hydrogen-bond donors (Lipinski definition) is 1. The van der Waals surface area contributed by atoms with Crippen LogP contribution in [0, 0.1) is 6.92 Å². The zero-order chi connectivity index (χ0) is 27.0. The van der Waals surface area contributed by atoms with Gasteiger partial charge >= 0.3 is 5.69 Å². The molecule has 0 fully saturated rings. The first-order valence-electron chi connectivity index (χ1n) is 10.9. The molecule has 0 saturated carbocycles. The quantitative estimate of drug-likeness (QED) is 0.381. The number of carbonyl (C=O) groups is 2. The lowest BCUT2D eigenvalue weighted by Gasteiger charge is -2.13. The van der Waals surface area contributed by atoms with Gasteiger partial charge in [-0.05, 0) is 55.0 Å². The van der Waals surface area contributed by atoms with Crippen molar-refractivity contribution in [2.75, 3.05) is 26.5 Å². The highest BCUT2D eigenvalue weighted by atomic mass is 35.5. The Labute approximate surface area is 225 Å². The molecule has 9 nitrogen and oxygen atoms in total. The van der Waals surface area contributed by atoms with Crippen LogP contribution < -0.4 is 21.3 Å². The summed E-state index contributed by atoms with van der Waals surface area (Å²) < 4.78 is 7.29. The van der Waals surface area contributed by atoms with Gasteiger partial charge in [-0.15, -0.1) is 11.3 Å². The lowest BCUT2D eigenvalue weighted by Crippen LogP contribution is -2.40. The summed E-state index contributed by atoms with van der Waals surface area (Å²) in [4.78, 5) is 54.9. The first-order chi connectivity index (χ1) is 17.5. The molecule has 0 atom stereocenters. The average molecular weight is 561 g/mol. The van der Waals surface area contributed by atoms with Crippen LogP contribution in [0.15, 0.2) is 52.1 Å². The number of aromatic nitrogens is 2. The highest BCUT2D eigenvalue weighted by Gasteiger charge is 2.25. The van der Waals surface area contributed by atoms with E-state index in [0.29, 0.717) is 31.9 Å². The zero-order valence-corrected chi connectivity index (χ0v) is 22.6. The summed E-state index contributed by atoms with van der Waals surface area (Å²) in [6.45, 7) is 1.24. The molecule has 0 aliphatic rings. The number of ether oxygens (including phenoxy) is 1. The minimum absolute atomic E-state index is 0.185. The second-order valence-corrected chi connectivity index (χ2v) is 10.2. The average Bonchev–Trinajstić information content (AvgIpc) is 3.19. The Morgan fingerprint density at radius 2 is 1.76 bits per heavy atom. The Balaban J connectivity index is 1.88. The molecule has 0 bridgehead atoms. The van der Waals surface area contributed by atoms with E-state index in [0.717, 1.165) is 15.9 Å². The smallest absolute Gasteiger partial charge is 0.337 e. The predicted molar refractivity (Wildman–Crippen MR) is 146 cm³/mol. The summed E-state index contributed by atoms with van der Waals surface area (Å²) in [6.07, 6.45) is 0. The summed E-state index contributed by atoms with van der Waals surface area (Å²) >= 11 is 13.1. The third-order valence-electron chi connectivity index (χ3n) is 5.64. The minimum atomic E-state index is -0.729. The number of amides is 2. The van der Waals surface area contributed by atoms with Crippen LogP contribution in [0.4, 0.5) is 5.69 Å². The van der Waals surface area contributed by atoms with Crippen LogP contribution in [0.3, 0.4) is 0 Å². The second kappa shape index (κ2) is 10.4. The Morgan fingerprint density at radius 1 is 1.08 bits per heavy atom. The SMILES string of the molecule is COc1ccc(NC(=O)Cn2c(=O)n(-c3ccc(Cl)cc3)c(=O)c3c(C)c(C(=O)N(C)C)sc32)cc1Cl. The lowest BCUT2D eigenvalue weighted by atomic mass is 10.2. The number of thiophene rings is 1. The topological polar surface area (TPSA) is 103 Å².